The Morgan fingerprint density at radius 3 is 2.90 bits per heavy atom. The smallest absolute Gasteiger partial charge is 0.0540 e. The second-order valence-electron chi connectivity index (χ2n) is 5.36. The maximum absolute atomic E-state index is 9.30. The first-order chi connectivity index (χ1) is 9.83. The molecule has 1 aliphatic heterocycles. The van der Waals surface area contributed by atoms with E-state index < -0.39 is 0 Å². The maximum Gasteiger partial charge on any atom is 0.0540 e. The van der Waals surface area contributed by atoms with Gasteiger partial charge in [0.25, 0.3) is 0 Å². The molecule has 1 unspecified atom stereocenters. The Balaban J connectivity index is 2.03. The lowest BCUT2D eigenvalue weighted by molar-refractivity contribution is 0.116. The Kier molecular flexibility index (Phi) is 6.07. The van der Waals surface area contributed by atoms with Gasteiger partial charge in [-0.15, -0.1) is 0 Å². The van der Waals surface area contributed by atoms with Crippen molar-refractivity contribution in [2.45, 2.75) is 25.8 Å². The van der Waals surface area contributed by atoms with Crippen molar-refractivity contribution in [2.75, 3.05) is 26.3 Å². The van der Waals surface area contributed by atoms with E-state index in [1.165, 1.54) is 5.56 Å². The normalized spacial score (nSPS) is 19.4. The lowest BCUT2D eigenvalue weighted by Gasteiger charge is -2.32. The van der Waals surface area contributed by atoms with E-state index in [1.54, 1.807) is 0 Å². The first-order valence-corrected chi connectivity index (χ1v) is 7.34. The van der Waals surface area contributed by atoms with E-state index >= 15 is 0 Å². The van der Waals surface area contributed by atoms with Gasteiger partial charge in [-0.05, 0) is 36.9 Å². The molecule has 3 nitrogen and oxygen atoms in total. The number of hydrogen-bond donors (Lipinski definition) is 2. The molecule has 3 heteroatoms. The van der Waals surface area contributed by atoms with E-state index in [2.05, 4.69) is 22.8 Å². The van der Waals surface area contributed by atoms with Crippen LogP contribution in [0.2, 0.25) is 0 Å². The third-order valence-corrected chi connectivity index (χ3v) is 3.73. The highest BCUT2D eigenvalue weighted by Crippen LogP contribution is 2.19. The summed E-state index contributed by atoms with van der Waals surface area (Å²) < 4.78 is 0. The number of aliphatic hydroxyl groups excluding tert-OH is 2. The third-order valence-electron chi connectivity index (χ3n) is 3.73. The van der Waals surface area contributed by atoms with Crippen molar-refractivity contribution >= 4 is 0 Å². The molecule has 0 spiro atoms. The largest absolute Gasteiger partial charge is 0.396 e. The van der Waals surface area contributed by atoms with Crippen LogP contribution in [-0.4, -0.2) is 41.4 Å². The zero-order chi connectivity index (χ0) is 14.2. The number of nitrogens with zero attached hydrogens (tertiary/aromatic N) is 1. The van der Waals surface area contributed by atoms with Crippen LogP contribution in [0, 0.1) is 17.8 Å². The van der Waals surface area contributed by atoms with Crippen molar-refractivity contribution in [2.24, 2.45) is 5.92 Å². The van der Waals surface area contributed by atoms with Crippen LogP contribution in [0.1, 0.15) is 30.4 Å². The minimum Gasteiger partial charge on any atom is -0.396 e. The summed E-state index contributed by atoms with van der Waals surface area (Å²) in [5, 5.41) is 18.1. The van der Waals surface area contributed by atoms with Crippen molar-refractivity contribution in [1.82, 2.24) is 4.90 Å². The Labute approximate surface area is 121 Å². The van der Waals surface area contributed by atoms with Gasteiger partial charge in [-0.1, -0.05) is 30.0 Å². The summed E-state index contributed by atoms with van der Waals surface area (Å²) >= 11 is 0. The van der Waals surface area contributed by atoms with Crippen LogP contribution in [-0.2, 0) is 6.54 Å². The van der Waals surface area contributed by atoms with Gasteiger partial charge in [0.05, 0.1) is 6.61 Å². The lowest BCUT2D eigenvalue weighted by atomic mass is 9.98. The maximum atomic E-state index is 9.30. The highest BCUT2D eigenvalue weighted by molar-refractivity contribution is 5.41. The summed E-state index contributed by atoms with van der Waals surface area (Å²) in [6.07, 6.45) is 2.80. The molecule has 1 heterocycles. The molecule has 0 aromatic heterocycles. The highest BCUT2D eigenvalue weighted by Gasteiger charge is 2.19. The van der Waals surface area contributed by atoms with Crippen molar-refractivity contribution in [3.05, 3.63) is 35.4 Å². The number of rotatable bonds is 4. The number of likely N-dealkylation sites (tertiary alicyclic amines) is 1. The van der Waals surface area contributed by atoms with Crippen molar-refractivity contribution in [3.63, 3.8) is 0 Å². The van der Waals surface area contributed by atoms with Gasteiger partial charge in [-0.3, -0.25) is 4.90 Å². The van der Waals surface area contributed by atoms with Gasteiger partial charge in [0.2, 0.25) is 0 Å². The van der Waals surface area contributed by atoms with E-state index in [0.717, 1.165) is 38.0 Å². The molecule has 108 valence electrons. The van der Waals surface area contributed by atoms with Crippen LogP contribution in [0.4, 0.5) is 0 Å². The molecule has 1 aromatic rings. The number of hydrogen-bond acceptors (Lipinski definition) is 3. The van der Waals surface area contributed by atoms with Crippen LogP contribution in [0.15, 0.2) is 24.3 Å². The molecule has 2 N–H and O–H groups in total. The second-order valence-corrected chi connectivity index (χ2v) is 5.36. The molecule has 0 radical (unpaired) electrons. The van der Waals surface area contributed by atoms with Crippen LogP contribution in [0.3, 0.4) is 0 Å². The van der Waals surface area contributed by atoms with Crippen molar-refractivity contribution in [3.8, 4) is 11.8 Å². The quantitative estimate of drug-likeness (QED) is 0.819. The molecule has 1 saturated heterocycles. The molecule has 0 amide bonds. The van der Waals surface area contributed by atoms with E-state index in [0.29, 0.717) is 12.3 Å². The molecule has 1 fully saturated rings. The summed E-state index contributed by atoms with van der Waals surface area (Å²) in [7, 11) is 0. The van der Waals surface area contributed by atoms with Crippen LogP contribution < -0.4 is 0 Å². The van der Waals surface area contributed by atoms with Crippen LogP contribution in [0.5, 0.6) is 0 Å². The van der Waals surface area contributed by atoms with Gasteiger partial charge in [-0.2, -0.15) is 0 Å². The Morgan fingerprint density at radius 1 is 1.25 bits per heavy atom. The molecule has 1 atom stereocenters. The zero-order valence-electron chi connectivity index (χ0n) is 11.9. The predicted octanol–water partition coefficient (Wildman–Crippen LogP) is 1.62. The number of benzene rings is 1. The lowest BCUT2D eigenvalue weighted by Crippen LogP contribution is -2.36. The average Bonchev–Trinajstić information content (AvgIpc) is 2.49. The van der Waals surface area contributed by atoms with E-state index in [1.807, 2.05) is 18.2 Å². The van der Waals surface area contributed by atoms with Gasteiger partial charge in [0, 0.05) is 31.7 Å². The summed E-state index contributed by atoms with van der Waals surface area (Å²) in [6.45, 7) is 3.35. The molecule has 1 aliphatic rings. The molecular weight excluding hydrogens is 250 g/mol. The van der Waals surface area contributed by atoms with Crippen molar-refractivity contribution < 1.29 is 10.2 Å². The molecule has 1 aromatic carbocycles. The Hall–Kier alpha value is -1.34. The monoisotopic (exact) mass is 273 g/mol. The molecule has 0 aliphatic carbocycles. The molecular formula is C17H23NO2. The molecule has 0 bridgehead atoms. The van der Waals surface area contributed by atoms with Crippen molar-refractivity contribution in [1.29, 1.82) is 0 Å². The average molecular weight is 273 g/mol. The van der Waals surface area contributed by atoms with Gasteiger partial charge in [0.1, 0.15) is 0 Å². The zero-order valence-corrected chi connectivity index (χ0v) is 11.9. The Morgan fingerprint density at radius 2 is 2.10 bits per heavy atom. The fraction of sp³-hybridized carbons (Fsp3) is 0.529. The molecule has 0 saturated carbocycles. The topological polar surface area (TPSA) is 43.7 Å². The summed E-state index contributed by atoms with van der Waals surface area (Å²) in [5.41, 5.74) is 2.28. The van der Waals surface area contributed by atoms with Gasteiger partial charge < -0.3 is 10.2 Å². The van der Waals surface area contributed by atoms with Crippen LogP contribution in [0.25, 0.3) is 0 Å². The fourth-order valence-corrected chi connectivity index (χ4v) is 2.68. The molecule has 2 rings (SSSR count). The first kappa shape index (κ1) is 15.1. The Bertz CT molecular complexity index is 475. The minimum absolute atomic E-state index is 0.111. The van der Waals surface area contributed by atoms with E-state index in [4.69, 9.17) is 5.11 Å². The summed E-state index contributed by atoms with van der Waals surface area (Å²) in [6, 6.07) is 8.19. The van der Waals surface area contributed by atoms with Gasteiger partial charge in [0.15, 0.2) is 0 Å². The number of piperidine rings is 1. The standard InChI is InChI=1S/C17H23NO2/c19-11-4-3-8-16-7-1-2-9-17(16)13-18-10-5-6-15(12-18)14-20/h1-2,7,9,15,19-20H,4-6,10-14H2. The fourth-order valence-electron chi connectivity index (χ4n) is 2.68. The van der Waals surface area contributed by atoms with E-state index in [9.17, 15) is 5.11 Å². The summed E-state index contributed by atoms with van der Waals surface area (Å²) in [4.78, 5) is 2.40. The second kappa shape index (κ2) is 8.06. The van der Waals surface area contributed by atoms with Gasteiger partial charge >= 0.3 is 0 Å². The van der Waals surface area contributed by atoms with E-state index in [-0.39, 0.29) is 13.2 Å². The number of aliphatic hydroxyl groups is 2. The third kappa shape index (κ3) is 4.35. The van der Waals surface area contributed by atoms with Crippen LogP contribution >= 0.6 is 0 Å². The minimum atomic E-state index is 0.111. The SMILES string of the molecule is OCCC#Cc1ccccc1CN1CCCC(CO)C1. The first-order valence-electron chi connectivity index (χ1n) is 7.34. The highest BCUT2D eigenvalue weighted by atomic mass is 16.3. The van der Waals surface area contributed by atoms with Gasteiger partial charge in [-0.25, -0.2) is 0 Å². The predicted molar refractivity (Wildman–Crippen MR) is 80.1 cm³/mol. The summed E-state index contributed by atoms with van der Waals surface area (Å²) in [5.74, 6) is 6.55. The molecule has 20 heavy (non-hydrogen) atoms.